The van der Waals surface area contributed by atoms with Crippen molar-refractivity contribution in [2.24, 2.45) is 5.73 Å². The summed E-state index contributed by atoms with van der Waals surface area (Å²) in [5, 5.41) is 35.5. The minimum Gasteiger partial charge on any atom is -0.394 e. The molecule has 1 aliphatic rings. The summed E-state index contributed by atoms with van der Waals surface area (Å²) in [7, 11) is 0. The van der Waals surface area contributed by atoms with E-state index in [1.807, 2.05) is 24.3 Å². The summed E-state index contributed by atoms with van der Waals surface area (Å²) >= 11 is 0. The molecule has 0 bridgehead atoms. The van der Waals surface area contributed by atoms with E-state index in [1.54, 1.807) is 0 Å². The van der Waals surface area contributed by atoms with E-state index in [4.69, 9.17) is 10.5 Å². The van der Waals surface area contributed by atoms with Crippen LogP contribution in [-0.4, -0.2) is 78.8 Å². The maximum atomic E-state index is 11.8. The molecule has 7 N–H and O–H groups in total. The van der Waals surface area contributed by atoms with Crippen molar-refractivity contribution in [2.45, 2.75) is 31.0 Å². The summed E-state index contributed by atoms with van der Waals surface area (Å²) in [5.74, 6) is 0.345. The number of nitrogens with two attached hydrogens (primary N) is 1. The molecular weight excluding hydrogens is 418 g/mol. The number of carbonyl (C=O) groups is 1. The number of imidazole rings is 1. The van der Waals surface area contributed by atoms with Crippen LogP contribution in [0.5, 0.6) is 0 Å². The Kier molecular flexibility index (Phi) is 6.58. The van der Waals surface area contributed by atoms with Crippen LogP contribution in [0.15, 0.2) is 36.9 Å². The first-order valence-electron chi connectivity index (χ1n) is 10.1. The molecule has 4 rings (SSSR count). The van der Waals surface area contributed by atoms with Crippen LogP contribution in [0.1, 0.15) is 11.8 Å². The number of nitrogens with zero attached hydrogens (tertiary/aromatic N) is 4. The van der Waals surface area contributed by atoms with Crippen LogP contribution in [0.4, 0.5) is 11.5 Å². The zero-order chi connectivity index (χ0) is 22.7. The van der Waals surface area contributed by atoms with Gasteiger partial charge in [-0.1, -0.05) is 12.1 Å². The van der Waals surface area contributed by atoms with Gasteiger partial charge in [-0.3, -0.25) is 9.36 Å². The summed E-state index contributed by atoms with van der Waals surface area (Å²) in [6.07, 6.45) is -1.27. The maximum Gasteiger partial charge on any atom is 0.224 e. The highest BCUT2D eigenvalue weighted by atomic mass is 16.6. The normalized spacial score (nSPS) is 22.9. The summed E-state index contributed by atoms with van der Waals surface area (Å²) in [5.41, 5.74) is 7.81. The largest absolute Gasteiger partial charge is 0.394 e. The number of hydrogen-bond acceptors (Lipinski definition) is 10. The minimum atomic E-state index is -1.24. The highest BCUT2D eigenvalue weighted by Crippen LogP contribution is 2.32. The molecule has 3 heterocycles. The second-order valence-corrected chi connectivity index (χ2v) is 7.41. The number of fused-ring (bicyclic) bond motifs is 1. The Balaban J connectivity index is 1.51. The van der Waals surface area contributed by atoms with E-state index >= 15 is 0 Å². The first-order valence-corrected chi connectivity index (χ1v) is 10.1. The van der Waals surface area contributed by atoms with Crippen molar-refractivity contribution in [1.82, 2.24) is 24.8 Å². The fourth-order valence-corrected chi connectivity index (χ4v) is 3.54. The van der Waals surface area contributed by atoms with Crippen molar-refractivity contribution < 1.29 is 24.9 Å². The van der Waals surface area contributed by atoms with Gasteiger partial charge in [-0.25, -0.2) is 15.0 Å². The van der Waals surface area contributed by atoms with E-state index in [-0.39, 0.29) is 12.3 Å². The van der Waals surface area contributed by atoms with Gasteiger partial charge in [0.15, 0.2) is 23.2 Å². The summed E-state index contributed by atoms with van der Waals surface area (Å²) in [4.78, 5) is 24.6. The van der Waals surface area contributed by atoms with E-state index in [0.29, 0.717) is 30.1 Å². The third kappa shape index (κ3) is 4.40. The molecule has 170 valence electrons. The lowest BCUT2D eigenvalue weighted by molar-refractivity contribution is -0.120. The smallest absolute Gasteiger partial charge is 0.224 e. The topological polar surface area (TPSA) is 181 Å². The zero-order valence-corrected chi connectivity index (χ0v) is 17.1. The standard InChI is InChI=1S/C20H25N7O5/c21-5-6-22-14(29)7-11-1-3-12(4-2-11)26-18-15-19(24-9-23-18)27(10-25-15)20-17(31)16(30)13(8-28)32-20/h1-4,9-10,13,16-17,20,28,30-31H,5-8,21H2,(H,22,29)(H,23,24,26)/t13-,16?,17?,20-/m1/s1. The number of aliphatic hydroxyl groups excluding tert-OH is 3. The van der Waals surface area contributed by atoms with Gasteiger partial charge in [-0.2, -0.15) is 0 Å². The van der Waals surface area contributed by atoms with Crippen LogP contribution in [-0.2, 0) is 16.0 Å². The van der Waals surface area contributed by atoms with Crippen molar-refractivity contribution in [2.75, 3.05) is 25.0 Å². The van der Waals surface area contributed by atoms with Gasteiger partial charge in [-0.05, 0) is 17.7 Å². The minimum absolute atomic E-state index is 0.0934. The second-order valence-electron chi connectivity index (χ2n) is 7.41. The van der Waals surface area contributed by atoms with Crippen LogP contribution in [0, 0.1) is 0 Å². The van der Waals surface area contributed by atoms with E-state index < -0.39 is 31.1 Å². The number of amides is 1. The van der Waals surface area contributed by atoms with Crippen molar-refractivity contribution in [3.63, 3.8) is 0 Å². The molecular formula is C20H25N7O5. The molecule has 3 aromatic rings. The van der Waals surface area contributed by atoms with Gasteiger partial charge in [0, 0.05) is 18.8 Å². The molecule has 4 atom stereocenters. The van der Waals surface area contributed by atoms with Crippen LogP contribution >= 0.6 is 0 Å². The molecule has 1 aliphatic heterocycles. The summed E-state index contributed by atoms with van der Waals surface area (Å²) in [6, 6.07) is 7.31. The Labute approximate surface area is 183 Å². The zero-order valence-electron chi connectivity index (χ0n) is 17.1. The fraction of sp³-hybridized carbons (Fsp3) is 0.400. The predicted molar refractivity (Wildman–Crippen MR) is 114 cm³/mol. The molecule has 2 aromatic heterocycles. The van der Waals surface area contributed by atoms with Gasteiger partial charge >= 0.3 is 0 Å². The lowest BCUT2D eigenvalue weighted by Crippen LogP contribution is -2.33. The van der Waals surface area contributed by atoms with E-state index in [2.05, 4.69) is 25.6 Å². The molecule has 1 saturated heterocycles. The van der Waals surface area contributed by atoms with Crippen LogP contribution in [0.2, 0.25) is 0 Å². The highest BCUT2D eigenvalue weighted by molar-refractivity contribution is 5.85. The first-order chi connectivity index (χ1) is 15.5. The lowest BCUT2D eigenvalue weighted by atomic mass is 10.1. The molecule has 2 unspecified atom stereocenters. The number of aromatic nitrogens is 4. The molecule has 0 aliphatic carbocycles. The van der Waals surface area contributed by atoms with Gasteiger partial charge in [0.25, 0.3) is 0 Å². The molecule has 1 aromatic carbocycles. The van der Waals surface area contributed by atoms with Gasteiger partial charge in [0.05, 0.1) is 19.4 Å². The van der Waals surface area contributed by atoms with E-state index in [9.17, 15) is 20.1 Å². The SMILES string of the molecule is NCCNC(=O)Cc1ccc(Nc2ncnc3c2ncn3[C@@H]2O[C@H](CO)C(O)C2O)cc1. The number of rotatable bonds is 8. The number of benzene rings is 1. The Morgan fingerprint density at radius 2 is 1.94 bits per heavy atom. The Hall–Kier alpha value is -3.16. The number of nitrogens with one attached hydrogen (secondary N) is 2. The average molecular weight is 443 g/mol. The lowest BCUT2D eigenvalue weighted by Gasteiger charge is -2.16. The molecule has 1 fully saturated rings. The molecule has 32 heavy (non-hydrogen) atoms. The average Bonchev–Trinajstić information content (AvgIpc) is 3.35. The monoisotopic (exact) mass is 443 g/mol. The van der Waals surface area contributed by atoms with Gasteiger partial charge < -0.3 is 36.4 Å². The Morgan fingerprint density at radius 3 is 2.62 bits per heavy atom. The molecule has 0 spiro atoms. The molecule has 0 radical (unpaired) electrons. The van der Waals surface area contributed by atoms with Crippen LogP contribution in [0.3, 0.4) is 0 Å². The van der Waals surface area contributed by atoms with Crippen molar-refractivity contribution in [3.8, 4) is 0 Å². The number of anilines is 2. The molecule has 12 nitrogen and oxygen atoms in total. The summed E-state index contributed by atoms with van der Waals surface area (Å²) < 4.78 is 7.06. The third-order valence-electron chi connectivity index (χ3n) is 5.20. The number of ether oxygens (including phenoxy) is 1. The van der Waals surface area contributed by atoms with Crippen molar-refractivity contribution >= 4 is 28.6 Å². The fourth-order valence-electron chi connectivity index (χ4n) is 3.54. The quantitative estimate of drug-likeness (QED) is 0.247. The Morgan fingerprint density at radius 1 is 1.16 bits per heavy atom. The number of aliphatic hydroxyl groups is 3. The highest BCUT2D eigenvalue weighted by Gasteiger charge is 2.44. The Bertz CT molecular complexity index is 1070. The van der Waals surface area contributed by atoms with Gasteiger partial charge in [0.2, 0.25) is 5.91 Å². The maximum absolute atomic E-state index is 11.8. The van der Waals surface area contributed by atoms with Crippen LogP contribution < -0.4 is 16.4 Å². The molecule has 12 heteroatoms. The van der Waals surface area contributed by atoms with Gasteiger partial charge in [0.1, 0.15) is 24.6 Å². The van der Waals surface area contributed by atoms with Crippen molar-refractivity contribution in [3.05, 3.63) is 42.5 Å². The number of hydrogen-bond donors (Lipinski definition) is 6. The third-order valence-corrected chi connectivity index (χ3v) is 5.20. The summed E-state index contributed by atoms with van der Waals surface area (Å²) in [6.45, 7) is 0.414. The molecule has 1 amide bonds. The predicted octanol–water partition coefficient (Wildman–Crippen LogP) is -1.20. The van der Waals surface area contributed by atoms with E-state index in [1.165, 1.54) is 17.2 Å². The van der Waals surface area contributed by atoms with E-state index in [0.717, 1.165) is 11.3 Å². The van der Waals surface area contributed by atoms with Gasteiger partial charge in [-0.15, -0.1) is 0 Å². The second kappa shape index (κ2) is 9.54. The van der Waals surface area contributed by atoms with Crippen molar-refractivity contribution in [1.29, 1.82) is 0 Å². The molecule has 0 saturated carbocycles. The number of carbonyl (C=O) groups excluding carboxylic acids is 1. The van der Waals surface area contributed by atoms with Crippen LogP contribution in [0.25, 0.3) is 11.2 Å². The first kappa shape index (κ1) is 22.0.